The second-order valence-electron chi connectivity index (χ2n) is 8.10. The normalized spacial score (nSPS) is 15.6. The maximum atomic E-state index is 14.0. The summed E-state index contributed by atoms with van der Waals surface area (Å²) >= 11 is 0. The van der Waals surface area contributed by atoms with Gasteiger partial charge in [-0.1, -0.05) is 12.1 Å². The summed E-state index contributed by atoms with van der Waals surface area (Å²) in [6, 6.07) is 5.65. The summed E-state index contributed by atoms with van der Waals surface area (Å²) < 4.78 is 19.6. The molecule has 1 unspecified atom stereocenters. The molecule has 0 aliphatic carbocycles. The van der Waals surface area contributed by atoms with Crippen molar-refractivity contribution in [3.63, 3.8) is 0 Å². The van der Waals surface area contributed by atoms with Gasteiger partial charge in [0.05, 0.1) is 6.54 Å². The van der Waals surface area contributed by atoms with Crippen LogP contribution in [0, 0.1) is 12.7 Å². The van der Waals surface area contributed by atoms with Crippen molar-refractivity contribution >= 4 is 40.8 Å². The summed E-state index contributed by atoms with van der Waals surface area (Å²) in [5, 5.41) is 14.4. The zero-order valence-electron chi connectivity index (χ0n) is 18.6. The van der Waals surface area contributed by atoms with Gasteiger partial charge in [-0.3, -0.25) is 9.59 Å². The number of nitrogens with zero attached hydrogens (tertiary/aromatic N) is 2. The van der Waals surface area contributed by atoms with E-state index >= 15 is 0 Å². The number of anilines is 1. The molecule has 1 aromatic carbocycles. The number of furan rings is 1. The minimum Gasteiger partial charge on any atom is -0.465 e. The molecular weight excluding hydrogens is 443 g/mol. The Morgan fingerprint density at radius 1 is 1.41 bits per heavy atom. The number of aryl methyl sites for hydroxylation is 2. The number of carbonyl (C=O) groups is 3. The fourth-order valence-electron chi connectivity index (χ4n) is 3.84. The number of halogens is 1. The van der Waals surface area contributed by atoms with Gasteiger partial charge < -0.3 is 25.1 Å². The molecule has 0 radical (unpaired) electrons. The number of hydrogen-bond acceptors (Lipinski definition) is 5. The standard InChI is InChI=1S/C24H23FN4O5/c1-13-16-4-3-5-17(25)21(16)34-19(13)12-29(2)20(30)9-6-14-10-15-7-8-18(27-24(32)33)23(31)28-22(15)26-11-14/h3-6,9-11,18,27H,7-8,12H2,1-2H3,(H,32,33)(H,26,28,31). The molecule has 0 saturated carbocycles. The van der Waals surface area contributed by atoms with Crippen LogP contribution in [0.5, 0.6) is 0 Å². The van der Waals surface area contributed by atoms with Crippen LogP contribution in [0.2, 0.25) is 0 Å². The van der Waals surface area contributed by atoms with E-state index in [0.717, 1.165) is 11.1 Å². The number of rotatable bonds is 5. The third kappa shape index (κ3) is 4.75. The van der Waals surface area contributed by atoms with Crippen LogP contribution in [-0.4, -0.2) is 46.0 Å². The Balaban J connectivity index is 1.44. The molecule has 0 fully saturated rings. The summed E-state index contributed by atoms with van der Waals surface area (Å²) in [6.45, 7) is 2.00. The highest BCUT2D eigenvalue weighted by Crippen LogP contribution is 2.28. The average Bonchev–Trinajstić information content (AvgIpc) is 3.03. The van der Waals surface area contributed by atoms with Crippen molar-refractivity contribution in [2.24, 2.45) is 0 Å². The average molecular weight is 466 g/mol. The molecule has 9 nitrogen and oxygen atoms in total. The summed E-state index contributed by atoms with van der Waals surface area (Å²) in [5.41, 5.74) is 2.36. The molecular formula is C24H23FN4O5. The monoisotopic (exact) mass is 466 g/mol. The molecule has 176 valence electrons. The van der Waals surface area contributed by atoms with Gasteiger partial charge in [-0.2, -0.15) is 0 Å². The lowest BCUT2D eigenvalue weighted by Gasteiger charge is -2.14. The molecule has 0 saturated heterocycles. The molecule has 1 aliphatic heterocycles. The van der Waals surface area contributed by atoms with Crippen molar-refractivity contribution in [2.45, 2.75) is 32.4 Å². The van der Waals surface area contributed by atoms with Gasteiger partial charge in [0.25, 0.3) is 0 Å². The largest absolute Gasteiger partial charge is 0.465 e. The van der Waals surface area contributed by atoms with Gasteiger partial charge in [-0.15, -0.1) is 0 Å². The van der Waals surface area contributed by atoms with Crippen molar-refractivity contribution < 1.29 is 28.3 Å². The molecule has 2 aromatic heterocycles. The lowest BCUT2D eigenvalue weighted by molar-refractivity contribution is -0.125. The zero-order valence-corrected chi connectivity index (χ0v) is 18.6. The second-order valence-corrected chi connectivity index (χ2v) is 8.10. The SMILES string of the molecule is Cc1c(CN(C)C(=O)C=Cc2cnc3c(c2)CCC(NC(=O)O)C(=O)N3)oc2c(F)cccc12. The Hall–Kier alpha value is -4.21. The molecule has 0 spiro atoms. The van der Waals surface area contributed by atoms with Gasteiger partial charge in [0.15, 0.2) is 11.4 Å². The van der Waals surface area contributed by atoms with Gasteiger partial charge in [0.2, 0.25) is 11.8 Å². The van der Waals surface area contributed by atoms with E-state index in [2.05, 4.69) is 15.6 Å². The van der Waals surface area contributed by atoms with Gasteiger partial charge in [0.1, 0.15) is 17.6 Å². The number of carbonyl (C=O) groups excluding carboxylic acids is 2. The molecule has 3 aromatic rings. The van der Waals surface area contributed by atoms with Crippen LogP contribution in [0.4, 0.5) is 15.0 Å². The topological polar surface area (TPSA) is 125 Å². The predicted octanol–water partition coefficient (Wildman–Crippen LogP) is 3.47. The van der Waals surface area contributed by atoms with E-state index in [0.29, 0.717) is 35.4 Å². The van der Waals surface area contributed by atoms with Crippen LogP contribution in [0.25, 0.3) is 17.0 Å². The molecule has 3 amide bonds. The molecule has 0 bridgehead atoms. The molecule has 3 N–H and O–H groups in total. The third-order valence-corrected chi connectivity index (χ3v) is 5.74. The maximum Gasteiger partial charge on any atom is 0.405 e. The number of fused-ring (bicyclic) bond motifs is 2. The van der Waals surface area contributed by atoms with Crippen LogP contribution >= 0.6 is 0 Å². The van der Waals surface area contributed by atoms with Crippen LogP contribution in [-0.2, 0) is 22.6 Å². The molecule has 10 heteroatoms. The number of para-hydroxylation sites is 1. The number of benzene rings is 1. The molecule has 3 heterocycles. The van der Waals surface area contributed by atoms with Gasteiger partial charge >= 0.3 is 6.09 Å². The first-order valence-electron chi connectivity index (χ1n) is 10.6. The summed E-state index contributed by atoms with van der Waals surface area (Å²) in [5.74, 6) is -0.314. The first-order valence-corrected chi connectivity index (χ1v) is 10.6. The minimum absolute atomic E-state index is 0.176. The highest BCUT2D eigenvalue weighted by Gasteiger charge is 2.25. The van der Waals surface area contributed by atoms with E-state index in [1.165, 1.54) is 23.2 Å². The lowest BCUT2D eigenvalue weighted by Crippen LogP contribution is -2.42. The number of aromatic nitrogens is 1. The maximum absolute atomic E-state index is 14.0. The van der Waals surface area contributed by atoms with Gasteiger partial charge in [-0.25, -0.2) is 14.2 Å². The van der Waals surface area contributed by atoms with E-state index in [1.807, 2.05) is 6.92 Å². The van der Waals surface area contributed by atoms with E-state index < -0.39 is 23.9 Å². The number of carboxylic acid groups (broad SMARTS) is 1. The lowest BCUT2D eigenvalue weighted by atomic mass is 10.1. The van der Waals surface area contributed by atoms with Gasteiger partial charge in [0, 0.05) is 30.3 Å². The molecule has 1 atom stereocenters. The predicted molar refractivity (Wildman–Crippen MR) is 123 cm³/mol. The molecule has 4 rings (SSSR count). The molecule has 34 heavy (non-hydrogen) atoms. The van der Waals surface area contributed by atoms with Crippen LogP contribution in [0.15, 0.2) is 41.0 Å². The zero-order chi connectivity index (χ0) is 24.4. The number of hydrogen-bond donors (Lipinski definition) is 3. The quantitative estimate of drug-likeness (QED) is 0.495. The van der Waals surface area contributed by atoms with Crippen molar-refractivity contribution in [2.75, 3.05) is 12.4 Å². The van der Waals surface area contributed by atoms with Crippen LogP contribution in [0.1, 0.15) is 28.9 Å². The van der Waals surface area contributed by atoms with Crippen molar-refractivity contribution in [1.82, 2.24) is 15.2 Å². The van der Waals surface area contributed by atoms with Crippen molar-refractivity contribution in [3.05, 3.63) is 64.8 Å². The first-order chi connectivity index (χ1) is 16.2. The Labute approximate surface area is 194 Å². The highest BCUT2D eigenvalue weighted by atomic mass is 19.1. The number of nitrogens with one attached hydrogen (secondary N) is 2. The Morgan fingerprint density at radius 2 is 2.21 bits per heavy atom. The van der Waals surface area contributed by atoms with Crippen LogP contribution in [0.3, 0.4) is 0 Å². The summed E-state index contributed by atoms with van der Waals surface area (Å²) in [7, 11) is 1.62. The number of likely N-dealkylation sites (N-methyl/N-ethyl adjacent to an activating group) is 1. The van der Waals surface area contributed by atoms with Gasteiger partial charge in [-0.05, 0) is 49.1 Å². The fraction of sp³-hybridized carbons (Fsp3) is 0.250. The Kier molecular flexibility index (Phi) is 6.31. The summed E-state index contributed by atoms with van der Waals surface area (Å²) in [6.07, 6.45) is 3.97. The smallest absolute Gasteiger partial charge is 0.405 e. The molecule has 1 aliphatic rings. The van der Waals surface area contributed by atoms with E-state index in [1.54, 1.807) is 31.3 Å². The Bertz CT molecular complexity index is 1320. The fourth-order valence-corrected chi connectivity index (χ4v) is 3.84. The highest BCUT2D eigenvalue weighted by molar-refractivity contribution is 5.97. The second kappa shape index (κ2) is 9.34. The number of pyridine rings is 1. The number of amides is 3. The van der Waals surface area contributed by atoms with Crippen LogP contribution < -0.4 is 10.6 Å². The van der Waals surface area contributed by atoms with E-state index in [4.69, 9.17) is 9.52 Å². The first kappa shape index (κ1) is 23.0. The van der Waals surface area contributed by atoms with Crippen molar-refractivity contribution in [1.29, 1.82) is 0 Å². The van der Waals surface area contributed by atoms with Crippen molar-refractivity contribution in [3.8, 4) is 0 Å². The van der Waals surface area contributed by atoms with E-state index in [9.17, 15) is 18.8 Å². The third-order valence-electron chi connectivity index (χ3n) is 5.74. The minimum atomic E-state index is -1.27. The Morgan fingerprint density at radius 3 is 2.94 bits per heavy atom. The van der Waals surface area contributed by atoms with E-state index in [-0.39, 0.29) is 18.0 Å². The summed E-state index contributed by atoms with van der Waals surface area (Å²) in [4.78, 5) is 41.4.